The zero-order valence-electron chi connectivity index (χ0n) is 9.46. The van der Waals surface area contributed by atoms with Gasteiger partial charge in [-0.1, -0.05) is 6.42 Å². The maximum atomic E-state index is 5.79. The van der Waals surface area contributed by atoms with E-state index in [1.165, 1.54) is 19.3 Å². The third kappa shape index (κ3) is 3.32. The molecule has 1 fully saturated rings. The van der Waals surface area contributed by atoms with Crippen molar-refractivity contribution in [1.29, 1.82) is 0 Å². The van der Waals surface area contributed by atoms with Gasteiger partial charge in [-0.25, -0.2) is 9.97 Å². The number of hydrogen-bond acceptors (Lipinski definition) is 4. The third-order valence-electron chi connectivity index (χ3n) is 2.77. The van der Waals surface area contributed by atoms with Gasteiger partial charge in [-0.2, -0.15) is 0 Å². The highest BCUT2D eigenvalue weighted by Crippen LogP contribution is 2.11. The fraction of sp³-hybridized carbons (Fsp3) is 0.636. The zero-order valence-corrected chi connectivity index (χ0v) is 10.2. The van der Waals surface area contributed by atoms with Gasteiger partial charge in [-0.3, -0.25) is 0 Å². The summed E-state index contributed by atoms with van der Waals surface area (Å²) in [5.74, 6) is 0.810. The van der Waals surface area contributed by atoms with E-state index in [1.807, 2.05) is 13.0 Å². The highest BCUT2D eigenvalue weighted by molar-refractivity contribution is 6.28. The molecule has 1 atom stereocenters. The highest BCUT2D eigenvalue weighted by Gasteiger charge is 2.12. The summed E-state index contributed by atoms with van der Waals surface area (Å²) < 4.78 is 0. The molecule has 16 heavy (non-hydrogen) atoms. The van der Waals surface area contributed by atoms with Crippen LogP contribution in [0, 0.1) is 6.92 Å². The van der Waals surface area contributed by atoms with E-state index in [0.29, 0.717) is 11.3 Å². The summed E-state index contributed by atoms with van der Waals surface area (Å²) in [5.41, 5.74) is 0.888. The number of halogens is 1. The van der Waals surface area contributed by atoms with Crippen LogP contribution in [0.3, 0.4) is 0 Å². The Labute approximate surface area is 101 Å². The molecule has 0 radical (unpaired) electrons. The van der Waals surface area contributed by atoms with Gasteiger partial charge in [0.05, 0.1) is 0 Å². The van der Waals surface area contributed by atoms with Crippen molar-refractivity contribution >= 4 is 17.4 Å². The molecule has 0 amide bonds. The van der Waals surface area contributed by atoms with E-state index in [2.05, 4.69) is 20.6 Å². The van der Waals surface area contributed by atoms with Gasteiger partial charge in [-0.05, 0) is 37.9 Å². The molecule has 0 unspecified atom stereocenters. The lowest BCUT2D eigenvalue weighted by atomic mass is 10.1. The topological polar surface area (TPSA) is 49.8 Å². The molecule has 88 valence electrons. The average molecular weight is 241 g/mol. The Morgan fingerprint density at radius 1 is 1.50 bits per heavy atom. The minimum atomic E-state index is 0.305. The number of aromatic nitrogens is 2. The highest BCUT2D eigenvalue weighted by atomic mass is 35.5. The Hall–Kier alpha value is -0.870. The molecule has 1 aromatic rings. The van der Waals surface area contributed by atoms with E-state index in [4.69, 9.17) is 11.6 Å². The second-order valence-corrected chi connectivity index (χ2v) is 4.53. The first-order valence-corrected chi connectivity index (χ1v) is 6.10. The van der Waals surface area contributed by atoms with Crippen molar-refractivity contribution in [3.05, 3.63) is 17.0 Å². The molecule has 0 bridgehead atoms. The van der Waals surface area contributed by atoms with E-state index in [0.717, 1.165) is 24.6 Å². The van der Waals surface area contributed by atoms with Crippen molar-refractivity contribution < 1.29 is 0 Å². The maximum absolute atomic E-state index is 5.79. The summed E-state index contributed by atoms with van der Waals surface area (Å²) in [4.78, 5) is 8.16. The summed E-state index contributed by atoms with van der Waals surface area (Å²) in [7, 11) is 0. The van der Waals surface area contributed by atoms with Gasteiger partial charge in [0.1, 0.15) is 5.82 Å². The van der Waals surface area contributed by atoms with Gasteiger partial charge in [0.25, 0.3) is 0 Å². The van der Waals surface area contributed by atoms with Crippen LogP contribution in [0.1, 0.15) is 25.0 Å². The van der Waals surface area contributed by atoms with Crippen LogP contribution in [-0.2, 0) is 0 Å². The molecule has 1 aliphatic rings. The molecule has 0 saturated carbocycles. The van der Waals surface area contributed by atoms with Gasteiger partial charge in [0.2, 0.25) is 5.28 Å². The number of rotatable bonds is 3. The lowest BCUT2D eigenvalue weighted by Gasteiger charge is -2.23. The predicted octanol–water partition coefficient (Wildman–Crippen LogP) is 1.99. The van der Waals surface area contributed by atoms with Crippen LogP contribution in [0.4, 0.5) is 5.82 Å². The van der Waals surface area contributed by atoms with Gasteiger partial charge in [0.15, 0.2) is 0 Å². The first kappa shape index (κ1) is 11.6. The van der Waals surface area contributed by atoms with E-state index >= 15 is 0 Å². The predicted molar refractivity (Wildman–Crippen MR) is 65.9 cm³/mol. The molecule has 2 rings (SSSR count). The number of piperidine rings is 1. The molecule has 5 heteroatoms. The lowest BCUT2D eigenvalue weighted by Crippen LogP contribution is -2.39. The van der Waals surface area contributed by atoms with Crippen LogP contribution in [0.15, 0.2) is 6.07 Å². The first-order valence-electron chi connectivity index (χ1n) is 5.72. The summed E-state index contributed by atoms with van der Waals surface area (Å²) in [5, 5.41) is 7.08. The Bertz CT molecular complexity index is 330. The quantitative estimate of drug-likeness (QED) is 0.794. The number of nitrogens with zero attached hydrogens (tertiary/aromatic N) is 2. The van der Waals surface area contributed by atoms with E-state index in [9.17, 15) is 0 Å². The molecular formula is C11H17ClN4. The average Bonchev–Trinajstić information content (AvgIpc) is 2.27. The third-order valence-corrected chi connectivity index (χ3v) is 2.94. The molecule has 1 saturated heterocycles. The Kier molecular flexibility index (Phi) is 3.96. The van der Waals surface area contributed by atoms with Gasteiger partial charge in [-0.15, -0.1) is 0 Å². The van der Waals surface area contributed by atoms with E-state index in [1.54, 1.807) is 0 Å². The van der Waals surface area contributed by atoms with Crippen molar-refractivity contribution in [3.63, 3.8) is 0 Å². The van der Waals surface area contributed by atoms with Crippen LogP contribution < -0.4 is 10.6 Å². The molecule has 1 aliphatic heterocycles. The molecule has 1 aromatic heterocycles. The summed E-state index contributed by atoms with van der Waals surface area (Å²) in [6, 6.07) is 2.46. The SMILES string of the molecule is Cc1cc(NC[C@@H]2CCCCN2)nc(Cl)n1. The molecule has 2 N–H and O–H groups in total. The molecule has 0 aromatic carbocycles. The van der Waals surface area contributed by atoms with E-state index in [-0.39, 0.29) is 0 Å². The summed E-state index contributed by atoms with van der Waals surface area (Å²) in [6.07, 6.45) is 3.82. The van der Waals surface area contributed by atoms with Crippen LogP contribution in [-0.4, -0.2) is 29.1 Å². The van der Waals surface area contributed by atoms with E-state index < -0.39 is 0 Å². The first-order chi connectivity index (χ1) is 7.74. The number of aryl methyl sites for hydroxylation is 1. The normalized spacial score (nSPS) is 20.8. The largest absolute Gasteiger partial charge is 0.368 e. The molecular weight excluding hydrogens is 224 g/mol. The van der Waals surface area contributed by atoms with Crippen molar-refractivity contribution in [2.75, 3.05) is 18.4 Å². The monoisotopic (exact) mass is 240 g/mol. The van der Waals surface area contributed by atoms with Gasteiger partial charge in [0, 0.05) is 24.3 Å². The standard InChI is InChI=1S/C11H17ClN4/c1-8-6-10(16-11(12)15-8)14-7-9-4-2-3-5-13-9/h6,9,13H,2-5,7H2,1H3,(H,14,15,16)/t9-/m0/s1. The number of nitrogens with one attached hydrogen (secondary N) is 2. The van der Waals surface area contributed by atoms with Crippen LogP contribution in [0.25, 0.3) is 0 Å². The smallest absolute Gasteiger partial charge is 0.224 e. The van der Waals surface area contributed by atoms with Crippen molar-refractivity contribution in [2.24, 2.45) is 0 Å². The minimum absolute atomic E-state index is 0.305. The maximum Gasteiger partial charge on any atom is 0.224 e. The molecule has 4 nitrogen and oxygen atoms in total. The Morgan fingerprint density at radius 2 is 2.38 bits per heavy atom. The van der Waals surface area contributed by atoms with Crippen LogP contribution >= 0.6 is 11.6 Å². The molecule has 2 heterocycles. The number of hydrogen-bond donors (Lipinski definition) is 2. The van der Waals surface area contributed by atoms with Crippen molar-refractivity contribution in [2.45, 2.75) is 32.2 Å². The second kappa shape index (κ2) is 5.46. The Balaban J connectivity index is 1.88. The summed E-state index contributed by atoms with van der Waals surface area (Å²) >= 11 is 5.79. The van der Waals surface area contributed by atoms with Crippen molar-refractivity contribution in [1.82, 2.24) is 15.3 Å². The second-order valence-electron chi connectivity index (χ2n) is 4.19. The Morgan fingerprint density at radius 3 is 3.06 bits per heavy atom. The molecule has 0 aliphatic carbocycles. The van der Waals surface area contributed by atoms with Crippen molar-refractivity contribution in [3.8, 4) is 0 Å². The fourth-order valence-electron chi connectivity index (χ4n) is 1.95. The van der Waals surface area contributed by atoms with Crippen LogP contribution in [0.5, 0.6) is 0 Å². The molecule has 0 spiro atoms. The fourth-order valence-corrected chi connectivity index (χ4v) is 2.17. The summed E-state index contributed by atoms with van der Waals surface area (Å²) in [6.45, 7) is 3.93. The lowest BCUT2D eigenvalue weighted by molar-refractivity contribution is 0.414. The number of anilines is 1. The van der Waals surface area contributed by atoms with Gasteiger partial charge >= 0.3 is 0 Å². The van der Waals surface area contributed by atoms with Crippen LogP contribution in [0.2, 0.25) is 5.28 Å². The minimum Gasteiger partial charge on any atom is -0.368 e. The van der Waals surface area contributed by atoms with Gasteiger partial charge < -0.3 is 10.6 Å². The zero-order chi connectivity index (χ0) is 11.4.